The lowest BCUT2D eigenvalue weighted by Gasteiger charge is -2.39. The molecular weight excluding hydrogens is 333 g/mol. The number of hydrogen-bond acceptors (Lipinski definition) is 3. The Kier molecular flexibility index (Phi) is 4.67. The van der Waals surface area contributed by atoms with Gasteiger partial charge in [0.15, 0.2) is 0 Å². The Balaban J connectivity index is 1.30. The minimum atomic E-state index is -0.390. The number of aromatic nitrogens is 1. The van der Waals surface area contributed by atoms with Crippen LogP contribution in [0.15, 0.2) is 18.3 Å². The Labute approximate surface area is 153 Å². The van der Waals surface area contributed by atoms with Crippen molar-refractivity contribution in [1.29, 1.82) is 0 Å². The zero-order valence-corrected chi connectivity index (χ0v) is 15.1. The molecule has 0 aromatic carbocycles. The van der Waals surface area contributed by atoms with Gasteiger partial charge in [-0.3, -0.25) is 14.6 Å². The van der Waals surface area contributed by atoms with E-state index >= 15 is 0 Å². The van der Waals surface area contributed by atoms with Crippen molar-refractivity contribution < 1.29 is 14.0 Å². The Morgan fingerprint density at radius 2 is 2.04 bits per heavy atom. The number of carbonyl (C=O) groups excluding carboxylic acids is 2. The molecule has 5 nitrogen and oxygen atoms in total. The number of likely N-dealkylation sites (tertiary alicyclic amines) is 2. The van der Waals surface area contributed by atoms with Gasteiger partial charge in [0, 0.05) is 43.7 Å². The van der Waals surface area contributed by atoms with Crippen LogP contribution in [-0.2, 0) is 16.0 Å². The highest BCUT2D eigenvalue weighted by Crippen LogP contribution is 2.42. The molecule has 0 atom stereocenters. The predicted octanol–water partition coefficient (Wildman–Crippen LogP) is 2.40. The van der Waals surface area contributed by atoms with Gasteiger partial charge in [0.05, 0.1) is 12.6 Å². The largest absolute Gasteiger partial charge is 0.342 e. The van der Waals surface area contributed by atoms with Crippen molar-refractivity contribution in [3.63, 3.8) is 0 Å². The monoisotopic (exact) mass is 359 g/mol. The zero-order chi connectivity index (χ0) is 18.1. The highest BCUT2D eigenvalue weighted by Gasteiger charge is 2.45. The van der Waals surface area contributed by atoms with E-state index in [0.717, 1.165) is 32.1 Å². The molecule has 1 aliphatic carbocycles. The molecule has 1 saturated carbocycles. The van der Waals surface area contributed by atoms with Crippen LogP contribution in [-0.4, -0.2) is 52.8 Å². The summed E-state index contributed by atoms with van der Waals surface area (Å²) in [4.78, 5) is 32.8. The average molecular weight is 359 g/mol. The maximum atomic E-state index is 12.9. The van der Waals surface area contributed by atoms with Crippen LogP contribution in [0.4, 0.5) is 4.39 Å². The lowest BCUT2D eigenvalue weighted by atomic mass is 9.77. The van der Waals surface area contributed by atoms with Gasteiger partial charge in [-0.1, -0.05) is 6.42 Å². The number of carbonyl (C=O) groups is 2. The predicted molar refractivity (Wildman–Crippen MR) is 94.7 cm³/mol. The van der Waals surface area contributed by atoms with Crippen molar-refractivity contribution in [3.8, 4) is 0 Å². The SMILES string of the molecule is O=C(Cc1ccc(F)cn1)N1CCC2(CC1)CC(=O)N(CC1CCC1)C2. The highest BCUT2D eigenvalue weighted by atomic mass is 19.1. The Morgan fingerprint density at radius 3 is 2.65 bits per heavy atom. The van der Waals surface area contributed by atoms with Crippen LogP contribution in [0.25, 0.3) is 0 Å². The Bertz CT molecular complexity index is 679. The van der Waals surface area contributed by atoms with Crippen LogP contribution in [0.2, 0.25) is 0 Å². The fraction of sp³-hybridized carbons (Fsp3) is 0.650. The van der Waals surface area contributed by atoms with Crippen LogP contribution in [0, 0.1) is 17.2 Å². The summed E-state index contributed by atoms with van der Waals surface area (Å²) >= 11 is 0. The lowest BCUT2D eigenvalue weighted by molar-refractivity contribution is -0.132. The van der Waals surface area contributed by atoms with Gasteiger partial charge < -0.3 is 9.80 Å². The molecule has 3 fully saturated rings. The van der Waals surface area contributed by atoms with Gasteiger partial charge >= 0.3 is 0 Å². The summed E-state index contributed by atoms with van der Waals surface area (Å²) < 4.78 is 12.9. The van der Waals surface area contributed by atoms with E-state index in [4.69, 9.17) is 0 Å². The summed E-state index contributed by atoms with van der Waals surface area (Å²) in [6.07, 6.45) is 7.60. The molecular formula is C20H26FN3O2. The van der Waals surface area contributed by atoms with Crippen molar-refractivity contribution in [2.75, 3.05) is 26.2 Å². The van der Waals surface area contributed by atoms with Crippen molar-refractivity contribution in [3.05, 3.63) is 29.8 Å². The fourth-order valence-corrected chi connectivity index (χ4v) is 4.48. The highest BCUT2D eigenvalue weighted by molar-refractivity contribution is 5.80. The van der Waals surface area contributed by atoms with Crippen molar-refractivity contribution >= 4 is 11.8 Å². The maximum Gasteiger partial charge on any atom is 0.228 e. The topological polar surface area (TPSA) is 53.5 Å². The van der Waals surface area contributed by atoms with E-state index in [1.807, 2.05) is 4.90 Å². The number of pyridine rings is 1. The first kappa shape index (κ1) is 17.4. The maximum absolute atomic E-state index is 12.9. The number of halogens is 1. The molecule has 0 unspecified atom stereocenters. The molecule has 3 aliphatic rings. The normalized spacial score (nSPS) is 22.7. The quantitative estimate of drug-likeness (QED) is 0.830. The first-order valence-electron chi connectivity index (χ1n) is 9.69. The van der Waals surface area contributed by atoms with Crippen molar-refractivity contribution in [2.24, 2.45) is 11.3 Å². The summed E-state index contributed by atoms with van der Waals surface area (Å²) in [5.74, 6) is 0.652. The number of amides is 2. The minimum Gasteiger partial charge on any atom is -0.342 e. The van der Waals surface area contributed by atoms with Gasteiger partial charge in [-0.05, 0) is 43.7 Å². The van der Waals surface area contributed by atoms with Crippen molar-refractivity contribution in [1.82, 2.24) is 14.8 Å². The smallest absolute Gasteiger partial charge is 0.228 e. The first-order chi connectivity index (χ1) is 12.5. The van der Waals surface area contributed by atoms with Crippen LogP contribution < -0.4 is 0 Å². The number of nitrogens with zero attached hydrogens (tertiary/aromatic N) is 3. The molecule has 6 heteroatoms. The van der Waals surface area contributed by atoms with Gasteiger partial charge in [0.2, 0.25) is 11.8 Å². The van der Waals surface area contributed by atoms with Gasteiger partial charge in [0.25, 0.3) is 0 Å². The second kappa shape index (κ2) is 6.97. The summed E-state index contributed by atoms with van der Waals surface area (Å²) in [6.45, 7) is 3.19. The Hall–Kier alpha value is -1.98. The van der Waals surface area contributed by atoms with Crippen LogP contribution in [0.5, 0.6) is 0 Å². The van der Waals surface area contributed by atoms with Crippen LogP contribution >= 0.6 is 0 Å². The molecule has 1 spiro atoms. The van der Waals surface area contributed by atoms with Crippen molar-refractivity contribution in [2.45, 2.75) is 44.9 Å². The molecule has 1 aromatic heterocycles. The summed E-state index contributed by atoms with van der Waals surface area (Å²) in [6, 6.07) is 2.90. The molecule has 140 valence electrons. The molecule has 26 heavy (non-hydrogen) atoms. The molecule has 1 aromatic rings. The second-order valence-corrected chi connectivity index (χ2v) is 8.27. The third-order valence-electron chi connectivity index (χ3n) is 6.41. The van der Waals surface area contributed by atoms with E-state index in [2.05, 4.69) is 9.88 Å². The van der Waals surface area contributed by atoms with Crippen LogP contribution in [0.3, 0.4) is 0 Å². The Morgan fingerprint density at radius 1 is 1.27 bits per heavy atom. The minimum absolute atomic E-state index is 0.0367. The van der Waals surface area contributed by atoms with E-state index < -0.39 is 5.82 Å². The average Bonchev–Trinajstić information content (AvgIpc) is 2.89. The molecule has 4 rings (SSSR count). The number of piperidine rings is 1. The van der Waals surface area contributed by atoms with Gasteiger partial charge in [-0.25, -0.2) is 4.39 Å². The second-order valence-electron chi connectivity index (χ2n) is 8.27. The van der Waals surface area contributed by atoms with Gasteiger partial charge in [0.1, 0.15) is 5.82 Å². The van der Waals surface area contributed by atoms with E-state index in [1.54, 1.807) is 6.07 Å². The van der Waals surface area contributed by atoms with Gasteiger partial charge in [-0.2, -0.15) is 0 Å². The molecule has 2 amide bonds. The third kappa shape index (κ3) is 3.60. The molecule has 3 heterocycles. The first-order valence-corrected chi connectivity index (χ1v) is 9.69. The number of rotatable bonds is 4. The molecule has 2 aliphatic heterocycles. The van der Waals surface area contributed by atoms with Crippen LogP contribution in [0.1, 0.15) is 44.2 Å². The zero-order valence-electron chi connectivity index (χ0n) is 15.1. The van der Waals surface area contributed by atoms with E-state index in [9.17, 15) is 14.0 Å². The number of hydrogen-bond donors (Lipinski definition) is 0. The van der Waals surface area contributed by atoms with E-state index in [0.29, 0.717) is 37.0 Å². The summed E-state index contributed by atoms with van der Waals surface area (Å²) in [5.41, 5.74) is 0.658. The molecule has 0 N–H and O–H groups in total. The summed E-state index contributed by atoms with van der Waals surface area (Å²) in [7, 11) is 0. The summed E-state index contributed by atoms with van der Waals surface area (Å²) in [5, 5.41) is 0. The molecule has 0 radical (unpaired) electrons. The van der Waals surface area contributed by atoms with E-state index in [1.165, 1.54) is 25.3 Å². The standard InChI is InChI=1S/C20H26FN3O2/c21-16-4-5-17(22-12-16)10-18(25)23-8-6-20(7-9-23)11-19(26)24(14-20)13-15-2-1-3-15/h4-5,12,15H,1-3,6-11,13-14H2. The lowest BCUT2D eigenvalue weighted by Crippen LogP contribution is -2.45. The molecule has 2 saturated heterocycles. The van der Waals surface area contributed by atoms with Gasteiger partial charge in [-0.15, -0.1) is 0 Å². The third-order valence-corrected chi connectivity index (χ3v) is 6.41. The molecule has 0 bridgehead atoms. The fourth-order valence-electron chi connectivity index (χ4n) is 4.48. The van der Waals surface area contributed by atoms with E-state index in [-0.39, 0.29) is 17.7 Å².